The molecule has 0 radical (unpaired) electrons. The van der Waals surface area contributed by atoms with Crippen LogP contribution in [0.5, 0.6) is 0 Å². The zero-order chi connectivity index (χ0) is 15.7. The van der Waals surface area contributed by atoms with Gasteiger partial charge in [0.15, 0.2) is 5.78 Å². The van der Waals surface area contributed by atoms with Crippen molar-refractivity contribution < 1.29 is 9.90 Å². The lowest BCUT2D eigenvalue weighted by Crippen LogP contribution is -2.50. The normalized spacial score (nSPS) is 54.3. The Morgan fingerprint density at radius 1 is 1.18 bits per heavy atom. The minimum Gasteiger partial charge on any atom is -0.393 e. The molecule has 22 heavy (non-hydrogen) atoms. The molecule has 4 aliphatic rings. The van der Waals surface area contributed by atoms with Crippen molar-refractivity contribution in [3.05, 3.63) is 11.6 Å². The Labute approximate surface area is 147 Å². The van der Waals surface area contributed by atoms with Crippen molar-refractivity contribution in [1.82, 2.24) is 0 Å². The molecule has 0 aromatic heterocycles. The summed E-state index contributed by atoms with van der Waals surface area (Å²) in [6.45, 7) is 4.70. The van der Waals surface area contributed by atoms with Crippen LogP contribution in [0.25, 0.3) is 0 Å². The van der Waals surface area contributed by atoms with E-state index in [9.17, 15) is 9.90 Å². The van der Waals surface area contributed by atoms with Gasteiger partial charge >= 0.3 is 0 Å². The summed E-state index contributed by atoms with van der Waals surface area (Å²) in [5.41, 5.74) is 1.75. The van der Waals surface area contributed by atoms with Gasteiger partial charge in [-0.3, -0.25) is 4.79 Å². The quantitative estimate of drug-likeness (QED) is 0.365. The molecular weight excluding hydrogens is 387 g/mol. The molecule has 0 aliphatic heterocycles. The van der Waals surface area contributed by atoms with E-state index < -0.39 is 0 Å². The van der Waals surface area contributed by atoms with Crippen molar-refractivity contribution in [1.29, 1.82) is 0 Å². The first-order chi connectivity index (χ1) is 10.4. The smallest absolute Gasteiger partial charge is 0.151 e. The summed E-state index contributed by atoms with van der Waals surface area (Å²) in [6.07, 6.45) is 9.81. The minimum atomic E-state index is -0.128. The molecule has 0 heterocycles. The fourth-order valence-electron chi connectivity index (χ4n) is 6.39. The van der Waals surface area contributed by atoms with Gasteiger partial charge in [-0.25, -0.2) is 0 Å². The van der Waals surface area contributed by atoms with Crippen LogP contribution in [-0.4, -0.2) is 20.9 Å². The van der Waals surface area contributed by atoms with Crippen LogP contribution in [0, 0.1) is 28.6 Å². The number of carbonyl (C=O) groups excluding carboxylic acids is 1. The molecule has 2 unspecified atom stereocenters. The van der Waals surface area contributed by atoms with Gasteiger partial charge in [0.05, 0.1) is 10.0 Å². The molecule has 0 amide bonds. The van der Waals surface area contributed by atoms with E-state index in [2.05, 4.69) is 42.5 Å². The maximum Gasteiger partial charge on any atom is 0.151 e. The SMILES string of the molecule is C[C@]12CCC(O)CC1=CC[C@@H]1[C@H]2CC[C@]2(C)C(=O)C(I)C[C@@H]12. The van der Waals surface area contributed by atoms with Gasteiger partial charge in [0.2, 0.25) is 0 Å². The number of hydrogen-bond donors (Lipinski definition) is 1. The van der Waals surface area contributed by atoms with Crippen LogP contribution < -0.4 is 0 Å². The highest BCUT2D eigenvalue weighted by molar-refractivity contribution is 14.1. The molecule has 0 aromatic rings. The number of aliphatic hydroxyl groups excluding tert-OH is 1. The Balaban J connectivity index is 1.70. The van der Waals surface area contributed by atoms with E-state index in [1.54, 1.807) is 0 Å². The lowest BCUT2D eigenvalue weighted by molar-refractivity contribution is -0.131. The summed E-state index contributed by atoms with van der Waals surface area (Å²) in [5.74, 6) is 2.52. The van der Waals surface area contributed by atoms with Crippen molar-refractivity contribution >= 4 is 28.4 Å². The van der Waals surface area contributed by atoms with E-state index in [0.717, 1.165) is 44.4 Å². The summed E-state index contributed by atoms with van der Waals surface area (Å²) in [4.78, 5) is 12.7. The fourth-order valence-corrected chi connectivity index (χ4v) is 7.65. The maximum absolute atomic E-state index is 12.7. The Morgan fingerprint density at radius 2 is 1.91 bits per heavy atom. The first kappa shape index (κ1) is 15.6. The molecule has 0 saturated heterocycles. The molecule has 3 fully saturated rings. The minimum absolute atomic E-state index is 0.0527. The van der Waals surface area contributed by atoms with Crippen molar-refractivity contribution in [3.8, 4) is 0 Å². The molecule has 3 saturated carbocycles. The number of hydrogen-bond acceptors (Lipinski definition) is 2. The fraction of sp³-hybridized carbons (Fsp3) is 0.842. The van der Waals surface area contributed by atoms with Crippen molar-refractivity contribution in [2.24, 2.45) is 28.6 Å². The number of fused-ring (bicyclic) bond motifs is 5. The number of aliphatic hydroxyl groups is 1. The zero-order valence-electron chi connectivity index (χ0n) is 13.6. The van der Waals surface area contributed by atoms with Crippen LogP contribution in [-0.2, 0) is 4.79 Å². The third kappa shape index (κ3) is 1.96. The van der Waals surface area contributed by atoms with Gasteiger partial charge in [-0.05, 0) is 68.1 Å². The van der Waals surface area contributed by atoms with Crippen LogP contribution in [0.2, 0.25) is 0 Å². The third-order valence-corrected chi connectivity index (χ3v) is 8.85. The summed E-state index contributed by atoms with van der Waals surface area (Å²) in [7, 11) is 0. The lowest BCUT2D eigenvalue weighted by Gasteiger charge is -2.56. The van der Waals surface area contributed by atoms with Crippen LogP contribution in [0.3, 0.4) is 0 Å². The highest BCUT2D eigenvalue weighted by Gasteiger charge is 2.60. The number of alkyl halides is 1. The molecule has 4 aliphatic carbocycles. The predicted molar refractivity (Wildman–Crippen MR) is 95.9 cm³/mol. The molecule has 0 bridgehead atoms. The lowest BCUT2D eigenvalue weighted by atomic mass is 9.48. The molecule has 7 atom stereocenters. The Hall–Kier alpha value is 0.1000. The number of ketones is 1. The molecule has 0 aromatic carbocycles. The third-order valence-electron chi connectivity index (χ3n) is 7.78. The van der Waals surface area contributed by atoms with E-state index in [1.165, 1.54) is 12.0 Å². The molecular formula is C19H27IO2. The van der Waals surface area contributed by atoms with Crippen molar-refractivity contribution in [3.63, 3.8) is 0 Å². The number of allylic oxidation sites excluding steroid dienone is 1. The van der Waals surface area contributed by atoms with Gasteiger partial charge in [-0.2, -0.15) is 0 Å². The van der Waals surface area contributed by atoms with Crippen LogP contribution in [0.4, 0.5) is 0 Å². The molecule has 0 spiro atoms. The highest BCUT2D eigenvalue weighted by atomic mass is 127. The zero-order valence-corrected chi connectivity index (χ0v) is 15.8. The topological polar surface area (TPSA) is 37.3 Å². The first-order valence-corrected chi connectivity index (χ1v) is 10.2. The van der Waals surface area contributed by atoms with E-state index in [0.29, 0.717) is 17.6 Å². The number of Topliss-reactive ketones (excluding diaryl/α,β-unsaturated/α-hetero) is 1. The van der Waals surface area contributed by atoms with E-state index >= 15 is 0 Å². The van der Waals surface area contributed by atoms with Gasteiger partial charge < -0.3 is 5.11 Å². The van der Waals surface area contributed by atoms with Crippen molar-refractivity contribution in [2.75, 3.05) is 0 Å². The Kier molecular flexibility index (Phi) is 3.58. The second-order valence-electron chi connectivity index (χ2n) is 8.68. The molecule has 1 N–H and O–H groups in total. The molecule has 2 nitrogen and oxygen atoms in total. The van der Waals surface area contributed by atoms with E-state index in [4.69, 9.17) is 0 Å². The summed E-state index contributed by atoms with van der Waals surface area (Å²) >= 11 is 2.38. The molecule has 122 valence electrons. The monoisotopic (exact) mass is 414 g/mol. The maximum atomic E-state index is 12.7. The van der Waals surface area contributed by atoms with Crippen LogP contribution in [0.15, 0.2) is 11.6 Å². The summed E-state index contributed by atoms with van der Waals surface area (Å²) < 4.78 is 0.234. The van der Waals surface area contributed by atoms with Gasteiger partial charge in [0.1, 0.15) is 0 Å². The Bertz CT molecular complexity index is 542. The van der Waals surface area contributed by atoms with Crippen molar-refractivity contribution in [2.45, 2.75) is 68.8 Å². The average Bonchev–Trinajstić information content (AvgIpc) is 2.72. The summed E-state index contributed by atoms with van der Waals surface area (Å²) in [6, 6.07) is 0. The number of carbonyl (C=O) groups is 1. The van der Waals surface area contributed by atoms with Gasteiger partial charge in [-0.1, -0.05) is 48.1 Å². The summed E-state index contributed by atoms with van der Waals surface area (Å²) in [5, 5.41) is 10.0. The molecule has 4 rings (SSSR count). The van der Waals surface area contributed by atoms with Gasteiger partial charge in [0.25, 0.3) is 0 Å². The predicted octanol–water partition coefficient (Wildman–Crippen LogP) is 4.29. The number of halogens is 1. The highest BCUT2D eigenvalue weighted by Crippen LogP contribution is 2.64. The second-order valence-corrected chi connectivity index (χ2v) is 10.2. The van der Waals surface area contributed by atoms with Crippen LogP contribution >= 0.6 is 22.6 Å². The standard InChI is InChI=1S/C19H27IO2/c1-18-7-5-12(21)9-11(18)3-4-13-14(18)6-8-19(2)15(13)10-16(20)17(19)22/h3,12-16,21H,4-10H2,1-2H3/t12?,13-,14-,15+,16?,18+,19+/m1/s1. The van der Waals surface area contributed by atoms with Crippen LogP contribution in [0.1, 0.15) is 58.8 Å². The second kappa shape index (κ2) is 5.05. The Morgan fingerprint density at radius 3 is 2.68 bits per heavy atom. The van der Waals surface area contributed by atoms with E-state index in [-0.39, 0.29) is 20.9 Å². The van der Waals surface area contributed by atoms with Gasteiger partial charge in [-0.15, -0.1) is 0 Å². The largest absolute Gasteiger partial charge is 0.393 e. The molecule has 3 heteroatoms. The van der Waals surface area contributed by atoms with Gasteiger partial charge in [0, 0.05) is 5.41 Å². The average molecular weight is 414 g/mol. The number of rotatable bonds is 0. The first-order valence-electron chi connectivity index (χ1n) is 8.92. The van der Waals surface area contributed by atoms with E-state index in [1.807, 2.05) is 0 Å².